The van der Waals surface area contributed by atoms with Crippen LogP contribution in [0, 0.1) is 6.92 Å². The molecule has 0 radical (unpaired) electrons. The molecule has 1 rings (SSSR count). The molecule has 0 bridgehead atoms. The normalized spacial score (nSPS) is 12.2. The highest BCUT2D eigenvalue weighted by Gasteiger charge is 2.16. The fraction of sp³-hybridized carbons (Fsp3) is 0.429. The van der Waals surface area contributed by atoms with Gasteiger partial charge >= 0.3 is 0 Å². The Morgan fingerprint density at radius 1 is 1.28 bits per heavy atom. The maximum Gasteiger partial charge on any atom is 0.163 e. The van der Waals surface area contributed by atoms with Crippen molar-refractivity contribution in [3.05, 3.63) is 28.8 Å². The minimum absolute atomic E-state index is 0.0104. The third kappa shape index (κ3) is 3.40. The van der Waals surface area contributed by atoms with Crippen LogP contribution in [0.3, 0.4) is 0 Å². The SMILES string of the molecule is CC(=O)CC[C@H](O)c1cc(O)c(C(C)=O)cc1C. The van der Waals surface area contributed by atoms with Gasteiger partial charge in [-0.3, -0.25) is 4.79 Å². The molecule has 0 heterocycles. The molecule has 1 atom stereocenters. The number of phenolic OH excluding ortho intramolecular Hbond substituents is 1. The molecule has 1 aromatic rings. The molecule has 0 saturated heterocycles. The first-order valence-corrected chi connectivity index (χ1v) is 5.85. The molecule has 0 spiro atoms. The number of phenols is 1. The Morgan fingerprint density at radius 2 is 1.89 bits per heavy atom. The lowest BCUT2D eigenvalue weighted by molar-refractivity contribution is -0.117. The van der Waals surface area contributed by atoms with Crippen molar-refractivity contribution in [2.75, 3.05) is 0 Å². The van der Waals surface area contributed by atoms with Crippen molar-refractivity contribution >= 4 is 11.6 Å². The third-order valence-corrected chi connectivity index (χ3v) is 2.89. The number of aryl methyl sites for hydroxylation is 1. The second-order valence-corrected chi connectivity index (χ2v) is 4.54. The van der Waals surface area contributed by atoms with Crippen LogP contribution in [0.15, 0.2) is 12.1 Å². The molecule has 18 heavy (non-hydrogen) atoms. The Hall–Kier alpha value is -1.68. The Labute approximate surface area is 106 Å². The number of hydrogen-bond acceptors (Lipinski definition) is 4. The first-order chi connectivity index (χ1) is 8.32. The summed E-state index contributed by atoms with van der Waals surface area (Å²) < 4.78 is 0. The average molecular weight is 250 g/mol. The van der Waals surface area contributed by atoms with Gasteiger partial charge in [-0.15, -0.1) is 0 Å². The number of rotatable bonds is 5. The highest BCUT2D eigenvalue weighted by Crippen LogP contribution is 2.29. The monoisotopic (exact) mass is 250 g/mol. The summed E-state index contributed by atoms with van der Waals surface area (Å²) in [5.74, 6) is -0.346. The second kappa shape index (κ2) is 5.78. The topological polar surface area (TPSA) is 74.6 Å². The van der Waals surface area contributed by atoms with Gasteiger partial charge in [0.25, 0.3) is 0 Å². The predicted molar refractivity (Wildman–Crippen MR) is 67.7 cm³/mol. The quantitative estimate of drug-likeness (QED) is 0.786. The molecule has 4 nitrogen and oxygen atoms in total. The van der Waals surface area contributed by atoms with Gasteiger partial charge in [0.1, 0.15) is 11.5 Å². The van der Waals surface area contributed by atoms with E-state index in [-0.39, 0.29) is 29.3 Å². The minimum atomic E-state index is -0.805. The van der Waals surface area contributed by atoms with Gasteiger partial charge < -0.3 is 15.0 Å². The molecule has 0 aliphatic carbocycles. The first kappa shape index (κ1) is 14.4. The molecule has 0 aromatic heterocycles. The molecule has 1 aromatic carbocycles. The number of aromatic hydroxyl groups is 1. The highest BCUT2D eigenvalue weighted by atomic mass is 16.3. The number of ketones is 2. The summed E-state index contributed by atoms with van der Waals surface area (Å²) in [5, 5.41) is 19.7. The molecule has 0 saturated carbocycles. The van der Waals surface area contributed by atoms with E-state index in [9.17, 15) is 19.8 Å². The van der Waals surface area contributed by atoms with Crippen LogP contribution in [-0.4, -0.2) is 21.8 Å². The summed E-state index contributed by atoms with van der Waals surface area (Å²) in [5.41, 5.74) is 1.53. The summed E-state index contributed by atoms with van der Waals surface area (Å²) >= 11 is 0. The molecule has 0 fully saturated rings. The van der Waals surface area contributed by atoms with Crippen molar-refractivity contribution in [1.29, 1.82) is 0 Å². The molecule has 98 valence electrons. The predicted octanol–water partition coefficient (Wildman–Crippen LogP) is 2.31. The molecular weight excluding hydrogens is 232 g/mol. The molecule has 0 aliphatic heterocycles. The molecular formula is C14H18O4. The Kier molecular flexibility index (Phi) is 4.62. The minimum Gasteiger partial charge on any atom is -0.507 e. The first-order valence-electron chi connectivity index (χ1n) is 5.85. The maximum atomic E-state index is 11.2. The average Bonchev–Trinajstić information content (AvgIpc) is 2.28. The second-order valence-electron chi connectivity index (χ2n) is 4.54. The zero-order valence-corrected chi connectivity index (χ0v) is 10.9. The van der Waals surface area contributed by atoms with E-state index in [1.54, 1.807) is 13.0 Å². The third-order valence-electron chi connectivity index (χ3n) is 2.89. The van der Waals surface area contributed by atoms with Crippen LogP contribution in [0.2, 0.25) is 0 Å². The number of aliphatic hydroxyl groups is 1. The van der Waals surface area contributed by atoms with E-state index >= 15 is 0 Å². The maximum absolute atomic E-state index is 11.2. The van der Waals surface area contributed by atoms with Crippen LogP contribution in [0.1, 0.15) is 54.3 Å². The van der Waals surface area contributed by atoms with Gasteiger partial charge in [0.2, 0.25) is 0 Å². The molecule has 0 aliphatic rings. The van der Waals surface area contributed by atoms with Crippen molar-refractivity contribution in [3.63, 3.8) is 0 Å². The fourth-order valence-corrected chi connectivity index (χ4v) is 1.85. The Bertz CT molecular complexity index is 477. The highest BCUT2D eigenvalue weighted by molar-refractivity contribution is 5.97. The van der Waals surface area contributed by atoms with E-state index in [4.69, 9.17) is 0 Å². The number of carbonyl (C=O) groups excluding carboxylic acids is 2. The largest absolute Gasteiger partial charge is 0.507 e. The van der Waals surface area contributed by atoms with E-state index < -0.39 is 6.10 Å². The fourth-order valence-electron chi connectivity index (χ4n) is 1.85. The van der Waals surface area contributed by atoms with Crippen LogP contribution in [-0.2, 0) is 4.79 Å². The smallest absolute Gasteiger partial charge is 0.163 e. The van der Waals surface area contributed by atoms with Crippen LogP contribution in [0.4, 0.5) is 0 Å². The summed E-state index contributed by atoms with van der Waals surface area (Å²) in [6, 6.07) is 2.96. The van der Waals surface area contributed by atoms with E-state index in [2.05, 4.69) is 0 Å². The van der Waals surface area contributed by atoms with E-state index in [1.165, 1.54) is 19.9 Å². The summed E-state index contributed by atoms with van der Waals surface area (Å²) in [7, 11) is 0. The number of Topliss-reactive ketones (excluding diaryl/α,β-unsaturated/α-hetero) is 2. The lowest BCUT2D eigenvalue weighted by Gasteiger charge is -2.15. The zero-order chi connectivity index (χ0) is 13.9. The number of aliphatic hydroxyl groups excluding tert-OH is 1. The van der Waals surface area contributed by atoms with Crippen molar-refractivity contribution < 1.29 is 19.8 Å². The molecule has 2 N–H and O–H groups in total. The van der Waals surface area contributed by atoms with E-state index in [1.807, 2.05) is 0 Å². The van der Waals surface area contributed by atoms with Crippen LogP contribution in [0.5, 0.6) is 5.75 Å². The zero-order valence-electron chi connectivity index (χ0n) is 10.9. The molecule has 0 unspecified atom stereocenters. The van der Waals surface area contributed by atoms with Gasteiger partial charge in [0, 0.05) is 6.42 Å². The van der Waals surface area contributed by atoms with Crippen LogP contribution < -0.4 is 0 Å². The van der Waals surface area contributed by atoms with E-state index in [0.29, 0.717) is 12.0 Å². The van der Waals surface area contributed by atoms with Crippen molar-refractivity contribution in [2.24, 2.45) is 0 Å². The van der Waals surface area contributed by atoms with Gasteiger partial charge in [-0.2, -0.15) is 0 Å². The van der Waals surface area contributed by atoms with Gasteiger partial charge in [0.05, 0.1) is 11.7 Å². The summed E-state index contributed by atoms with van der Waals surface area (Å²) in [4.78, 5) is 22.1. The summed E-state index contributed by atoms with van der Waals surface area (Å²) in [6.45, 7) is 4.61. The number of carbonyl (C=O) groups is 2. The van der Waals surface area contributed by atoms with Gasteiger partial charge in [-0.25, -0.2) is 0 Å². The van der Waals surface area contributed by atoms with Crippen molar-refractivity contribution in [1.82, 2.24) is 0 Å². The van der Waals surface area contributed by atoms with Gasteiger partial charge in [-0.05, 0) is 50.5 Å². The van der Waals surface area contributed by atoms with Crippen molar-refractivity contribution in [3.8, 4) is 5.75 Å². The molecule has 0 amide bonds. The Balaban J connectivity index is 3.00. The van der Waals surface area contributed by atoms with Gasteiger partial charge in [0.15, 0.2) is 5.78 Å². The lowest BCUT2D eigenvalue weighted by atomic mass is 9.95. The lowest BCUT2D eigenvalue weighted by Crippen LogP contribution is -2.04. The van der Waals surface area contributed by atoms with Crippen LogP contribution in [0.25, 0.3) is 0 Å². The van der Waals surface area contributed by atoms with Crippen LogP contribution >= 0.6 is 0 Å². The van der Waals surface area contributed by atoms with E-state index in [0.717, 1.165) is 5.56 Å². The Morgan fingerprint density at radius 3 is 2.39 bits per heavy atom. The summed E-state index contributed by atoms with van der Waals surface area (Å²) in [6.07, 6.45) is -0.203. The number of benzene rings is 1. The standard InChI is InChI=1S/C14H18O4/c1-8-6-12(10(3)16)14(18)7-11(8)13(17)5-4-9(2)15/h6-7,13,17-18H,4-5H2,1-3H3/t13-/m0/s1. The van der Waals surface area contributed by atoms with Crippen molar-refractivity contribution in [2.45, 2.75) is 39.7 Å². The van der Waals surface area contributed by atoms with Gasteiger partial charge in [-0.1, -0.05) is 0 Å². The molecule has 4 heteroatoms. The number of hydrogen-bond donors (Lipinski definition) is 2.